The molecule has 1 atom stereocenters. The molecule has 0 bridgehead atoms. The Bertz CT molecular complexity index is 308. The van der Waals surface area contributed by atoms with E-state index in [9.17, 15) is 26.7 Å². The summed E-state index contributed by atoms with van der Waals surface area (Å²) in [5.74, 6) is -3.31. The first-order valence-electron chi connectivity index (χ1n) is 3.84. The van der Waals surface area contributed by atoms with E-state index in [1.54, 1.807) is 0 Å². The van der Waals surface area contributed by atoms with Crippen LogP contribution in [0.25, 0.3) is 0 Å². The van der Waals surface area contributed by atoms with Gasteiger partial charge in [-0.25, -0.2) is 4.79 Å². The molecule has 0 aromatic carbocycles. The molecular weight excluding hydrogens is 243 g/mol. The first-order valence-corrected chi connectivity index (χ1v) is 3.84. The quantitative estimate of drug-likeness (QED) is 0.567. The van der Waals surface area contributed by atoms with E-state index in [-0.39, 0.29) is 6.08 Å². The number of halogens is 5. The predicted molar refractivity (Wildman–Crippen MR) is 37.5 cm³/mol. The number of ether oxygens (including phenoxy) is 3. The van der Waals surface area contributed by atoms with Gasteiger partial charge in [-0.3, -0.25) is 0 Å². The van der Waals surface area contributed by atoms with Crippen molar-refractivity contribution in [2.45, 2.75) is 12.0 Å². The van der Waals surface area contributed by atoms with Crippen molar-refractivity contribution < 1.29 is 41.0 Å². The average Bonchev–Trinajstić information content (AvgIpc) is 2.47. The lowest BCUT2D eigenvalue weighted by atomic mass is 10.3. The lowest BCUT2D eigenvalue weighted by molar-refractivity contribution is -0.346. The summed E-state index contributed by atoms with van der Waals surface area (Å²) in [7, 11) is 0. The summed E-state index contributed by atoms with van der Waals surface area (Å²) in [5, 5.41) is 0. The zero-order valence-corrected chi connectivity index (χ0v) is 7.51. The van der Waals surface area contributed by atoms with Gasteiger partial charge in [0.15, 0.2) is 6.61 Å². The van der Waals surface area contributed by atoms with Crippen molar-refractivity contribution in [1.29, 1.82) is 0 Å². The van der Waals surface area contributed by atoms with Crippen LogP contribution >= 0.6 is 0 Å². The highest BCUT2D eigenvalue weighted by Crippen LogP contribution is 2.38. The van der Waals surface area contributed by atoms with Gasteiger partial charge in [0.05, 0.1) is 6.61 Å². The number of carbonyl (C=O) groups is 1. The summed E-state index contributed by atoms with van der Waals surface area (Å²) in [4.78, 5) is 10.4. The van der Waals surface area contributed by atoms with Crippen molar-refractivity contribution >= 4 is 6.16 Å². The van der Waals surface area contributed by atoms with E-state index in [2.05, 4.69) is 14.2 Å². The largest absolute Gasteiger partial charge is 0.511 e. The van der Waals surface area contributed by atoms with Crippen LogP contribution in [0.5, 0.6) is 0 Å². The van der Waals surface area contributed by atoms with E-state index in [1.165, 1.54) is 0 Å². The number of cyclic esters (lactones) is 2. The molecule has 1 rings (SSSR count). The van der Waals surface area contributed by atoms with Crippen LogP contribution in [-0.2, 0) is 14.2 Å². The van der Waals surface area contributed by atoms with Gasteiger partial charge in [-0.15, -0.1) is 0 Å². The van der Waals surface area contributed by atoms with Gasteiger partial charge in [0.1, 0.15) is 0 Å². The van der Waals surface area contributed by atoms with Crippen LogP contribution < -0.4 is 0 Å². The highest BCUT2D eigenvalue weighted by atomic mass is 19.4. The second kappa shape index (κ2) is 4.24. The predicted octanol–water partition coefficient (Wildman–Crippen LogP) is 2.21. The SMILES string of the molecule is O=C1OCC(OCC=C(F)F)(C(F)(F)F)O1. The lowest BCUT2D eigenvalue weighted by Gasteiger charge is -2.26. The number of hydrogen-bond donors (Lipinski definition) is 0. The molecule has 0 spiro atoms. The van der Waals surface area contributed by atoms with Gasteiger partial charge in [0.2, 0.25) is 0 Å². The van der Waals surface area contributed by atoms with Crippen LogP contribution in [0.2, 0.25) is 0 Å². The molecule has 9 heteroatoms. The molecule has 4 nitrogen and oxygen atoms in total. The van der Waals surface area contributed by atoms with Gasteiger partial charge in [-0.2, -0.15) is 22.0 Å². The van der Waals surface area contributed by atoms with E-state index in [0.29, 0.717) is 0 Å². The van der Waals surface area contributed by atoms with Crippen LogP contribution in [0.3, 0.4) is 0 Å². The van der Waals surface area contributed by atoms with Crippen molar-refractivity contribution in [3.05, 3.63) is 12.2 Å². The van der Waals surface area contributed by atoms with Gasteiger partial charge in [-0.1, -0.05) is 0 Å². The van der Waals surface area contributed by atoms with E-state index in [0.717, 1.165) is 0 Å². The summed E-state index contributed by atoms with van der Waals surface area (Å²) >= 11 is 0. The molecule has 0 saturated carbocycles. The van der Waals surface area contributed by atoms with E-state index in [4.69, 9.17) is 0 Å². The fourth-order valence-corrected chi connectivity index (χ4v) is 0.879. The fraction of sp³-hybridized carbons (Fsp3) is 0.571. The smallest absolute Gasteiger partial charge is 0.427 e. The van der Waals surface area contributed by atoms with Crippen LogP contribution in [0.1, 0.15) is 0 Å². The number of carbonyl (C=O) groups excluding carboxylic acids is 1. The summed E-state index contributed by atoms with van der Waals surface area (Å²) in [6.07, 6.45) is -8.73. The molecule has 0 aromatic rings. The number of hydrogen-bond acceptors (Lipinski definition) is 4. The second-order valence-corrected chi connectivity index (χ2v) is 2.70. The minimum atomic E-state index is -5.07. The maximum Gasteiger partial charge on any atom is 0.511 e. The standard InChI is InChI=1S/C7H5F5O4/c8-4(9)1-2-15-6(7(10,11)12)3-14-5(13)16-6/h1H,2-3H2. The molecule has 16 heavy (non-hydrogen) atoms. The highest BCUT2D eigenvalue weighted by molar-refractivity contribution is 5.62. The van der Waals surface area contributed by atoms with Crippen LogP contribution in [0.15, 0.2) is 12.2 Å². The molecular formula is C7H5F5O4. The van der Waals surface area contributed by atoms with E-state index in [1.807, 2.05) is 0 Å². The van der Waals surface area contributed by atoms with Crippen molar-refractivity contribution in [2.24, 2.45) is 0 Å². The Morgan fingerprint density at radius 3 is 2.50 bits per heavy atom. The maximum atomic E-state index is 12.4. The molecule has 0 aliphatic carbocycles. The summed E-state index contributed by atoms with van der Waals surface area (Å²) in [5.41, 5.74) is 0. The zero-order chi connectivity index (χ0) is 12.4. The van der Waals surface area contributed by atoms with Gasteiger partial charge in [0, 0.05) is 6.08 Å². The Kier molecular flexibility index (Phi) is 3.36. The third kappa shape index (κ3) is 2.60. The van der Waals surface area contributed by atoms with E-state index < -0.39 is 37.4 Å². The van der Waals surface area contributed by atoms with Crippen LogP contribution in [0.4, 0.5) is 26.7 Å². The normalized spacial score (nSPS) is 24.9. The Morgan fingerprint density at radius 2 is 2.12 bits per heavy atom. The molecule has 0 aromatic heterocycles. The van der Waals surface area contributed by atoms with Crippen molar-refractivity contribution in [3.8, 4) is 0 Å². The Hall–Kier alpha value is -1.38. The number of rotatable bonds is 3. The monoisotopic (exact) mass is 248 g/mol. The Labute approximate surface area is 85.6 Å². The summed E-state index contributed by atoms with van der Waals surface area (Å²) in [6.45, 7) is -2.28. The Morgan fingerprint density at radius 1 is 1.50 bits per heavy atom. The van der Waals surface area contributed by atoms with Gasteiger partial charge >= 0.3 is 18.1 Å². The Balaban J connectivity index is 2.74. The van der Waals surface area contributed by atoms with E-state index >= 15 is 0 Å². The molecule has 92 valence electrons. The molecule has 0 radical (unpaired) electrons. The van der Waals surface area contributed by atoms with Crippen molar-refractivity contribution in [1.82, 2.24) is 0 Å². The van der Waals surface area contributed by atoms with Gasteiger partial charge < -0.3 is 14.2 Å². The lowest BCUT2D eigenvalue weighted by Crippen LogP contribution is -2.50. The maximum absolute atomic E-state index is 12.4. The minimum Gasteiger partial charge on any atom is -0.427 e. The topological polar surface area (TPSA) is 44.8 Å². The molecule has 1 aliphatic rings. The van der Waals surface area contributed by atoms with Crippen LogP contribution in [-0.4, -0.2) is 31.3 Å². The summed E-state index contributed by atoms with van der Waals surface area (Å²) in [6, 6.07) is 0. The van der Waals surface area contributed by atoms with Crippen molar-refractivity contribution in [2.75, 3.05) is 13.2 Å². The first-order chi connectivity index (χ1) is 7.27. The van der Waals surface area contributed by atoms with Gasteiger partial charge in [-0.05, 0) is 0 Å². The second-order valence-electron chi connectivity index (χ2n) is 2.70. The third-order valence-corrected chi connectivity index (χ3v) is 1.61. The van der Waals surface area contributed by atoms with Crippen molar-refractivity contribution in [3.63, 3.8) is 0 Å². The fourth-order valence-electron chi connectivity index (χ4n) is 0.879. The first kappa shape index (κ1) is 12.7. The third-order valence-electron chi connectivity index (χ3n) is 1.61. The zero-order valence-electron chi connectivity index (χ0n) is 7.51. The molecule has 1 heterocycles. The minimum absolute atomic E-state index is 0.111. The highest BCUT2D eigenvalue weighted by Gasteiger charge is 2.64. The number of alkyl halides is 3. The van der Waals surface area contributed by atoms with Crippen LogP contribution in [0, 0.1) is 0 Å². The van der Waals surface area contributed by atoms with Gasteiger partial charge in [0.25, 0.3) is 6.08 Å². The molecule has 1 aliphatic heterocycles. The molecule has 0 N–H and O–H groups in total. The molecule has 1 saturated heterocycles. The summed E-state index contributed by atoms with van der Waals surface area (Å²) < 4.78 is 72.2. The average molecular weight is 248 g/mol. The molecule has 1 unspecified atom stereocenters. The molecule has 1 fully saturated rings. The molecule has 0 amide bonds.